The monoisotopic (exact) mass is 380 g/mol. The zero-order chi connectivity index (χ0) is 19.8. The lowest BCUT2D eigenvalue weighted by Gasteiger charge is -2.56. The van der Waals surface area contributed by atoms with E-state index in [0.717, 1.165) is 11.8 Å². The van der Waals surface area contributed by atoms with E-state index in [9.17, 15) is 13.6 Å². The molecule has 1 amide bonds. The highest BCUT2D eigenvalue weighted by molar-refractivity contribution is 5.91. The number of hydrogen-bond donors (Lipinski definition) is 2. The summed E-state index contributed by atoms with van der Waals surface area (Å²) in [5.74, 6) is -1.61. The van der Waals surface area contributed by atoms with Crippen LogP contribution in [0.15, 0.2) is 54.2 Å². The molecule has 0 aromatic heterocycles. The number of rotatable bonds is 4. The molecule has 2 aromatic carbocycles. The van der Waals surface area contributed by atoms with E-state index in [-0.39, 0.29) is 24.0 Å². The van der Waals surface area contributed by atoms with Gasteiger partial charge in [0.05, 0.1) is 18.2 Å². The maximum absolute atomic E-state index is 14.3. The Bertz CT molecular complexity index is 996. The fourth-order valence-electron chi connectivity index (χ4n) is 3.88. The third-order valence-corrected chi connectivity index (χ3v) is 5.30. The molecule has 1 saturated heterocycles. The average Bonchev–Trinajstić information content (AvgIpc) is 2.68. The molecule has 0 bridgehead atoms. The molecular weight excluding hydrogens is 362 g/mol. The van der Waals surface area contributed by atoms with E-state index in [1.54, 1.807) is 29.2 Å². The minimum absolute atomic E-state index is 0.133. The molecule has 2 heterocycles. The predicted molar refractivity (Wildman–Crippen MR) is 100 cm³/mol. The number of carbonyl (C=O) groups excluding carboxylic acids is 1. The van der Waals surface area contributed by atoms with Gasteiger partial charge in [0.2, 0.25) is 5.91 Å². The van der Waals surface area contributed by atoms with Crippen LogP contribution in [0.4, 0.5) is 14.5 Å². The van der Waals surface area contributed by atoms with Crippen molar-refractivity contribution in [2.24, 2.45) is 0 Å². The van der Waals surface area contributed by atoms with Crippen molar-refractivity contribution in [3.05, 3.63) is 77.0 Å². The van der Waals surface area contributed by atoms with Crippen LogP contribution in [0, 0.1) is 23.0 Å². The van der Waals surface area contributed by atoms with Gasteiger partial charge < -0.3 is 15.5 Å². The third-order valence-electron chi connectivity index (χ3n) is 5.30. The highest BCUT2D eigenvalue weighted by Crippen LogP contribution is 2.42. The van der Waals surface area contributed by atoms with Crippen LogP contribution in [0.2, 0.25) is 0 Å². The van der Waals surface area contributed by atoms with Gasteiger partial charge >= 0.3 is 0 Å². The second kappa shape index (κ2) is 6.97. The van der Waals surface area contributed by atoms with E-state index in [1.807, 2.05) is 6.92 Å². The first-order chi connectivity index (χ1) is 13.5. The lowest BCUT2D eigenvalue weighted by atomic mass is 9.78. The predicted octanol–water partition coefficient (Wildman–Crippen LogP) is 3.08. The largest absolute Gasteiger partial charge is 0.379 e. The van der Waals surface area contributed by atoms with Gasteiger partial charge in [0.1, 0.15) is 17.8 Å². The van der Waals surface area contributed by atoms with Gasteiger partial charge in [0.15, 0.2) is 0 Å². The first-order valence-corrected chi connectivity index (χ1v) is 8.96. The number of benzene rings is 2. The summed E-state index contributed by atoms with van der Waals surface area (Å²) in [7, 11) is 0. The van der Waals surface area contributed by atoms with Crippen molar-refractivity contribution in [2.45, 2.75) is 25.0 Å². The Kier molecular flexibility index (Phi) is 4.47. The Hall–Kier alpha value is -3.40. The average molecular weight is 380 g/mol. The van der Waals surface area contributed by atoms with Crippen LogP contribution in [0.3, 0.4) is 0 Å². The van der Waals surface area contributed by atoms with Crippen LogP contribution in [0.25, 0.3) is 0 Å². The molecule has 7 heteroatoms. The van der Waals surface area contributed by atoms with Crippen LogP contribution in [-0.2, 0) is 4.79 Å². The number of amides is 1. The zero-order valence-corrected chi connectivity index (χ0v) is 15.1. The van der Waals surface area contributed by atoms with Gasteiger partial charge in [-0.25, -0.2) is 8.78 Å². The molecule has 0 saturated carbocycles. The molecule has 2 aliphatic rings. The van der Waals surface area contributed by atoms with Crippen molar-refractivity contribution in [1.29, 1.82) is 5.26 Å². The maximum Gasteiger partial charge on any atom is 0.250 e. The number of nitrogens with one attached hydrogen (secondary N) is 2. The van der Waals surface area contributed by atoms with E-state index in [0.29, 0.717) is 23.4 Å². The highest BCUT2D eigenvalue weighted by atomic mass is 19.1. The molecule has 0 radical (unpaired) electrons. The fourth-order valence-corrected chi connectivity index (χ4v) is 3.88. The molecule has 0 spiro atoms. The highest BCUT2D eigenvalue weighted by Gasteiger charge is 2.51. The van der Waals surface area contributed by atoms with Crippen LogP contribution >= 0.6 is 0 Å². The van der Waals surface area contributed by atoms with Crippen LogP contribution < -0.4 is 10.6 Å². The summed E-state index contributed by atoms with van der Waals surface area (Å²) in [6, 6.07) is 12.4. The Balaban J connectivity index is 1.48. The number of nitriles is 1. The second-order valence-electron chi connectivity index (χ2n) is 6.98. The maximum atomic E-state index is 14.3. The van der Waals surface area contributed by atoms with Crippen molar-refractivity contribution in [2.75, 3.05) is 11.9 Å². The third kappa shape index (κ3) is 3.07. The van der Waals surface area contributed by atoms with Crippen molar-refractivity contribution < 1.29 is 13.6 Å². The minimum Gasteiger partial charge on any atom is -0.379 e. The summed E-state index contributed by atoms with van der Waals surface area (Å²) < 4.78 is 27.5. The topological polar surface area (TPSA) is 68.2 Å². The molecule has 2 aliphatic heterocycles. The molecule has 0 aliphatic carbocycles. The Morgan fingerprint density at radius 2 is 1.96 bits per heavy atom. The van der Waals surface area contributed by atoms with Crippen LogP contribution in [0.1, 0.15) is 24.0 Å². The number of hydrogen-bond acceptors (Lipinski definition) is 4. The van der Waals surface area contributed by atoms with Gasteiger partial charge in [-0.1, -0.05) is 6.07 Å². The molecule has 3 atom stereocenters. The molecular formula is C21H18F2N4O. The summed E-state index contributed by atoms with van der Waals surface area (Å²) in [5, 5.41) is 15.3. The number of fused-ring (bicyclic) bond motifs is 1. The van der Waals surface area contributed by atoms with Gasteiger partial charge in [-0.15, -0.1) is 0 Å². The summed E-state index contributed by atoms with van der Waals surface area (Å²) in [6.07, 6.45) is 1.16. The number of carbonyl (C=O) groups is 1. The SMILES string of the molecule is CC1C(c2ccc(F)cc2F)C2NC(CNc3ccc(C#N)cc3)=CC(=O)N12. The second-order valence-corrected chi connectivity index (χ2v) is 6.98. The van der Waals surface area contributed by atoms with Gasteiger partial charge in [0.25, 0.3) is 0 Å². The van der Waals surface area contributed by atoms with Gasteiger partial charge in [-0.05, 0) is 42.8 Å². The molecule has 28 heavy (non-hydrogen) atoms. The summed E-state index contributed by atoms with van der Waals surface area (Å²) in [5.41, 5.74) is 2.48. The number of anilines is 1. The quantitative estimate of drug-likeness (QED) is 0.856. The van der Waals surface area contributed by atoms with E-state index >= 15 is 0 Å². The molecule has 4 rings (SSSR count). The van der Waals surface area contributed by atoms with Gasteiger partial charge in [-0.2, -0.15) is 5.26 Å². The minimum atomic E-state index is -0.620. The van der Waals surface area contributed by atoms with Crippen LogP contribution in [0.5, 0.6) is 0 Å². The lowest BCUT2D eigenvalue weighted by Crippen LogP contribution is -2.70. The molecule has 2 N–H and O–H groups in total. The summed E-state index contributed by atoms with van der Waals surface area (Å²) >= 11 is 0. The molecule has 1 fully saturated rings. The first kappa shape index (κ1) is 18.0. The number of halogens is 2. The van der Waals surface area contributed by atoms with E-state index in [1.165, 1.54) is 18.2 Å². The normalized spacial score (nSPS) is 23.1. The fraction of sp³-hybridized carbons (Fsp3) is 0.238. The standard InChI is InChI=1S/C21H18F2N4O/c1-12-20(17-7-4-14(22)8-18(17)23)21-26-16(9-19(28)27(12)21)11-25-15-5-2-13(10-24)3-6-15/h2-9,12,20-21,25-26H,11H2,1H3. The first-order valence-electron chi connectivity index (χ1n) is 8.96. The van der Waals surface area contributed by atoms with Gasteiger partial charge in [-0.3, -0.25) is 4.79 Å². The smallest absolute Gasteiger partial charge is 0.250 e. The van der Waals surface area contributed by atoms with E-state index in [2.05, 4.69) is 16.7 Å². The lowest BCUT2D eigenvalue weighted by molar-refractivity contribution is -0.144. The summed E-state index contributed by atoms with van der Waals surface area (Å²) in [4.78, 5) is 14.1. The molecule has 2 aromatic rings. The molecule has 5 nitrogen and oxygen atoms in total. The summed E-state index contributed by atoms with van der Waals surface area (Å²) in [6.45, 7) is 2.24. The van der Waals surface area contributed by atoms with E-state index in [4.69, 9.17) is 5.26 Å². The Morgan fingerprint density at radius 1 is 1.21 bits per heavy atom. The van der Waals surface area contributed by atoms with Gasteiger partial charge in [0, 0.05) is 35.5 Å². The molecule has 142 valence electrons. The Labute approximate surface area is 161 Å². The van der Waals surface area contributed by atoms with Crippen molar-refractivity contribution in [1.82, 2.24) is 10.2 Å². The molecule has 3 unspecified atom stereocenters. The van der Waals surface area contributed by atoms with Crippen molar-refractivity contribution in [3.63, 3.8) is 0 Å². The zero-order valence-electron chi connectivity index (χ0n) is 15.1. The number of nitrogens with zero attached hydrogens (tertiary/aromatic N) is 2. The van der Waals surface area contributed by atoms with Crippen molar-refractivity contribution >= 4 is 11.6 Å². The van der Waals surface area contributed by atoms with Crippen LogP contribution in [-0.4, -0.2) is 29.6 Å². The van der Waals surface area contributed by atoms with E-state index < -0.39 is 11.6 Å². The van der Waals surface area contributed by atoms with Crippen molar-refractivity contribution in [3.8, 4) is 6.07 Å². The Morgan fingerprint density at radius 3 is 2.64 bits per heavy atom.